The lowest BCUT2D eigenvalue weighted by atomic mass is 10.2. The van der Waals surface area contributed by atoms with Crippen molar-refractivity contribution in [3.8, 4) is 0 Å². The molecule has 7 heteroatoms. The number of carbonyl (C=O) groups excluding carboxylic acids is 1. The SMILES string of the molecule is O=C(Nc1ccccc1)Nc1cccc(CNS(=O)(=O)c2ccccc2)c1. The number of anilines is 2. The molecule has 3 rings (SSSR count). The third-order valence-corrected chi connectivity index (χ3v) is 5.15. The second kappa shape index (κ2) is 8.48. The van der Waals surface area contributed by atoms with E-state index in [9.17, 15) is 13.2 Å². The fraction of sp³-hybridized carbons (Fsp3) is 0.0500. The number of para-hydroxylation sites is 1. The van der Waals surface area contributed by atoms with Gasteiger partial charge in [-0.3, -0.25) is 0 Å². The van der Waals surface area contributed by atoms with Gasteiger partial charge in [-0.1, -0.05) is 48.5 Å². The highest BCUT2D eigenvalue weighted by Gasteiger charge is 2.13. The fourth-order valence-electron chi connectivity index (χ4n) is 2.44. The monoisotopic (exact) mass is 381 g/mol. The predicted octanol–water partition coefficient (Wildman–Crippen LogP) is 3.81. The molecule has 27 heavy (non-hydrogen) atoms. The molecular formula is C20H19N3O3S. The first-order valence-corrected chi connectivity index (χ1v) is 9.78. The van der Waals surface area contributed by atoms with Crippen LogP contribution in [0.5, 0.6) is 0 Å². The van der Waals surface area contributed by atoms with E-state index in [1.165, 1.54) is 12.1 Å². The van der Waals surface area contributed by atoms with Crippen LogP contribution >= 0.6 is 0 Å². The largest absolute Gasteiger partial charge is 0.323 e. The molecule has 2 amide bonds. The van der Waals surface area contributed by atoms with Gasteiger partial charge < -0.3 is 10.6 Å². The number of rotatable bonds is 6. The summed E-state index contributed by atoms with van der Waals surface area (Å²) < 4.78 is 27.1. The van der Waals surface area contributed by atoms with Crippen molar-refractivity contribution in [3.63, 3.8) is 0 Å². The predicted molar refractivity (Wildman–Crippen MR) is 106 cm³/mol. The molecule has 0 heterocycles. The fourth-order valence-corrected chi connectivity index (χ4v) is 3.47. The zero-order valence-electron chi connectivity index (χ0n) is 14.4. The van der Waals surface area contributed by atoms with Crippen molar-refractivity contribution < 1.29 is 13.2 Å². The maximum atomic E-state index is 12.3. The molecule has 3 aromatic rings. The van der Waals surface area contributed by atoms with Gasteiger partial charge in [0.1, 0.15) is 0 Å². The van der Waals surface area contributed by atoms with Gasteiger partial charge in [-0.25, -0.2) is 17.9 Å². The zero-order valence-corrected chi connectivity index (χ0v) is 15.2. The highest BCUT2D eigenvalue weighted by atomic mass is 32.2. The lowest BCUT2D eigenvalue weighted by molar-refractivity contribution is 0.262. The molecule has 0 atom stereocenters. The summed E-state index contributed by atoms with van der Waals surface area (Å²) in [6, 6.07) is 23.9. The van der Waals surface area contributed by atoms with Crippen molar-refractivity contribution in [2.24, 2.45) is 0 Å². The van der Waals surface area contributed by atoms with Crippen LogP contribution in [0.4, 0.5) is 16.2 Å². The second-order valence-corrected chi connectivity index (χ2v) is 7.55. The van der Waals surface area contributed by atoms with E-state index in [0.29, 0.717) is 11.4 Å². The molecule has 3 aromatic carbocycles. The molecule has 0 aliphatic rings. The lowest BCUT2D eigenvalue weighted by Gasteiger charge is -2.10. The van der Waals surface area contributed by atoms with Gasteiger partial charge in [-0.2, -0.15) is 0 Å². The van der Waals surface area contributed by atoms with Crippen LogP contribution in [0.1, 0.15) is 5.56 Å². The molecule has 0 radical (unpaired) electrons. The van der Waals surface area contributed by atoms with Crippen LogP contribution in [0.15, 0.2) is 89.8 Å². The summed E-state index contributed by atoms with van der Waals surface area (Å²) in [5.74, 6) is 0. The molecule has 0 aliphatic heterocycles. The van der Waals surface area contributed by atoms with E-state index in [1.54, 1.807) is 54.6 Å². The molecule has 0 unspecified atom stereocenters. The van der Waals surface area contributed by atoms with E-state index < -0.39 is 10.0 Å². The molecule has 0 spiro atoms. The molecule has 0 saturated heterocycles. The van der Waals surface area contributed by atoms with Crippen molar-refractivity contribution in [3.05, 3.63) is 90.5 Å². The van der Waals surface area contributed by atoms with Gasteiger partial charge >= 0.3 is 6.03 Å². The van der Waals surface area contributed by atoms with Crippen LogP contribution in [0.25, 0.3) is 0 Å². The first-order valence-electron chi connectivity index (χ1n) is 8.30. The molecule has 138 valence electrons. The Balaban J connectivity index is 1.61. The first kappa shape index (κ1) is 18.6. The Morgan fingerprint density at radius 2 is 1.33 bits per heavy atom. The summed E-state index contributed by atoms with van der Waals surface area (Å²) >= 11 is 0. The number of benzene rings is 3. The Hall–Kier alpha value is -3.16. The molecule has 3 N–H and O–H groups in total. The van der Waals surface area contributed by atoms with Gasteiger partial charge in [0.15, 0.2) is 0 Å². The Morgan fingerprint density at radius 1 is 0.741 bits per heavy atom. The number of nitrogens with one attached hydrogen (secondary N) is 3. The molecule has 0 aromatic heterocycles. The summed E-state index contributed by atoms with van der Waals surface area (Å²) in [4.78, 5) is 12.3. The number of amides is 2. The van der Waals surface area contributed by atoms with E-state index in [-0.39, 0.29) is 17.5 Å². The van der Waals surface area contributed by atoms with Gasteiger partial charge in [-0.15, -0.1) is 0 Å². The quantitative estimate of drug-likeness (QED) is 0.607. The van der Waals surface area contributed by atoms with E-state index in [2.05, 4.69) is 15.4 Å². The van der Waals surface area contributed by atoms with Crippen LogP contribution in [0.2, 0.25) is 0 Å². The van der Waals surface area contributed by atoms with Crippen LogP contribution in [0.3, 0.4) is 0 Å². The van der Waals surface area contributed by atoms with Crippen molar-refractivity contribution >= 4 is 27.4 Å². The Morgan fingerprint density at radius 3 is 2.04 bits per heavy atom. The normalized spacial score (nSPS) is 11.0. The first-order chi connectivity index (χ1) is 13.0. The minimum absolute atomic E-state index is 0.118. The number of sulfonamides is 1. The Bertz CT molecular complexity index is 1010. The maximum Gasteiger partial charge on any atom is 0.323 e. The summed E-state index contributed by atoms with van der Waals surface area (Å²) in [6.45, 7) is 0.118. The summed E-state index contributed by atoms with van der Waals surface area (Å²) in [5.41, 5.74) is 1.98. The molecule has 0 fully saturated rings. The highest BCUT2D eigenvalue weighted by Crippen LogP contribution is 2.14. The van der Waals surface area contributed by atoms with Crippen LogP contribution in [-0.4, -0.2) is 14.4 Å². The standard InChI is InChI=1S/C20H19N3O3S/c24-20(22-17-9-3-1-4-10-17)23-18-11-7-8-16(14-18)15-21-27(25,26)19-12-5-2-6-13-19/h1-14,21H,15H2,(H2,22,23,24). The smallest absolute Gasteiger partial charge is 0.308 e. The lowest BCUT2D eigenvalue weighted by Crippen LogP contribution is -2.23. The highest BCUT2D eigenvalue weighted by molar-refractivity contribution is 7.89. The third-order valence-electron chi connectivity index (χ3n) is 3.74. The molecule has 0 aliphatic carbocycles. The van der Waals surface area contributed by atoms with Crippen LogP contribution in [-0.2, 0) is 16.6 Å². The van der Waals surface area contributed by atoms with E-state index in [0.717, 1.165) is 5.56 Å². The minimum Gasteiger partial charge on any atom is -0.308 e. The van der Waals surface area contributed by atoms with Gasteiger partial charge in [-0.05, 0) is 42.0 Å². The topological polar surface area (TPSA) is 87.3 Å². The second-order valence-electron chi connectivity index (χ2n) is 5.78. The molecule has 0 saturated carbocycles. The summed E-state index contributed by atoms with van der Waals surface area (Å²) in [5, 5.41) is 5.46. The number of carbonyl (C=O) groups is 1. The number of hydrogen-bond acceptors (Lipinski definition) is 3. The minimum atomic E-state index is -3.58. The van der Waals surface area contributed by atoms with Crippen molar-refractivity contribution in [1.29, 1.82) is 0 Å². The average molecular weight is 381 g/mol. The van der Waals surface area contributed by atoms with E-state index in [1.807, 2.05) is 18.2 Å². The Labute approximate surface area is 158 Å². The van der Waals surface area contributed by atoms with Crippen LogP contribution in [0, 0.1) is 0 Å². The van der Waals surface area contributed by atoms with Gasteiger partial charge in [0, 0.05) is 17.9 Å². The maximum absolute atomic E-state index is 12.3. The number of hydrogen-bond donors (Lipinski definition) is 3. The summed E-state index contributed by atoms with van der Waals surface area (Å²) in [6.07, 6.45) is 0. The summed E-state index contributed by atoms with van der Waals surface area (Å²) in [7, 11) is -3.58. The molecular weight excluding hydrogens is 362 g/mol. The van der Waals surface area contributed by atoms with Crippen molar-refractivity contribution in [2.45, 2.75) is 11.4 Å². The average Bonchev–Trinajstić information content (AvgIpc) is 2.68. The van der Waals surface area contributed by atoms with E-state index >= 15 is 0 Å². The van der Waals surface area contributed by atoms with Crippen molar-refractivity contribution in [1.82, 2.24) is 4.72 Å². The van der Waals surface area contributed by atoms with Crippen LogP contribution < -0.4 is 15.4 Å². The van der Waals surface area contributed by atoms with E-state index in [4.69, 9.17) is 0 Å². The Kier molecular flexibility index (Phi) is 5.85. The van der Waals surface area contributed by atoms with Gasteiger partial charge in [0.25, 0.3) is 0 Å². The van der Waals surface area contributed by atoms with Crippen molar-refractivity contribution in [2.75, 3.05) is 10.6 Å². The molecule has 0 bridgehead atoms. The molecule has 6 nitrogen and oxygen atoms in total. The third kappa shape index (κ3) is 5.40. The number of urea groups is 1. The van der Waals surface area contributed by atoms with Gasteiger partial charge in [0.05, 0.1) is 4.90 Å². The van der Waals surface area contributed by atoms with Gasteiger partial charge in [0.2, 0.25) is 10.0 Å². The zero-order chi connectivity index (χ0) is 19.1.